The zero-order valence-electron chi connectivity index (χ0n) is 10.8. The maximum atomic E-state index is 10.9. The number of carboxylic acid groups (broad SMARTS) is 1. The fourth-order valence-corrected chi connectivity index (χ4v) is 3.52. The van der Waals surface area contributed by atoms with Gasteiger partial charge in [-0.15, -0.1) is 11.3 Å². The van der Waals surface area contributed by atoms with E-state index in [2.05, 4.69) is 30.2 Å². The first-order valence-electron chi connectivity index (χ1n) is 6.19. The van der Waals surface area contributed by atoms with Gasteiger partial charge < -0.3 is 9.84 Å². The Balaban J connectivity index is 2.13. The zero-order chi connectivity index (χ0) is 13.1. The molecule has 1 aliphatic heterocycles. The van der Waals surface area contributed by atoms with E-state index in [1.54, 1.807) is 11.3 Å². The number of carboxylic acids is 1. The smallest absolute Gasteiger partial charge is 0.305 e. The van der Waals surface area contributed by atoms with Gasteiger partial charge in [-0.3, -0.25) is 9.69 Å². The summed E-state index contributed by atoms with van der Waals surface area (Å²) in [4.78, 5) is 14.5. The maximum Gasteiger partial charge on any atom is 0.305 e. The van der Waals surface area contributed by atoms with Crippen molar-refractivity contribution in [1.82, 2.24) is 4.90 Å². The fraction of sp³-hybridized carbons (Fsp3) is 0.615. The minimum Gasteiger partial charge on any atom is -0.481 e. The Morgan fingerprint density at radius 3 is 3.11 bits per heavy atom. The van der Waals surface area contributed by atoms with Gasteiger partial charge in [-0.2, -0.15) is 0 Å². The Morgan fingerprint density at radius 2 is 2.50 bits per heavy atom. The van der Waals surface area contributed by atoms with Gasteiger partial charge >= 0.3 is 5.97 Å². The molecule has 0 radical (unpaired) electrons. The van der Waals surface area contributed by atoms with E-state index in [-0.39, 0.29) is 18.5 Å². The van der Waals surface area contributed by atoms with Crippen LogP contribution in [-0.2, 0) is 9.53 Å². The standard InChI is InChI=1S/C13H19NO3S/c1-9-3-6-18-13(9)10(2)14-4-5-17-8-11(14)7-12(15)16/h3,6,10-11H,4-5,7-8H2,1-2H3,(H,15,16). The minimum absolute atomic E-state index is 0.0206. The first kappa shape index (κ1) is 13.5. The highest BCUT2D eigenvalue weighted by atomic mass is 32.1. The number of rotatable bonds is 4. The number of hydrogen-bond acceptors (Lipinski definition) is 4. The molecule has 2 heterocycles. The van der Waals surface area contributed by atoms with Crippen molar-refractivity contribution in [3.63, 3.8) is 0 Å². The summed E-state index contributed by atoms with van der Waals surface area (Å²) in [7, 11) is 0. The number of hydrogen-bond donors (Lipinski definition) is 1. The summed E-state index contributed by atoms with van der Waals surface area (Å²) in [6, 6.07) is 2.36. The van der Waals surface area contributed by atoms with Gasteiger partial charge in [0, 0.05) is 23.5 Å². The number of thiophene rings is 1. The SMILES string of the molecule is Cc1ccsc1C(C)N1CCOCC1CC(=O)O. The van der Waals surface area contributed by atoms with Gasteiger partial charge in [0.25, 0.3) is 0 Å². The van der Waals surface area contributed by atoms with Crippen LogP contribution in [0, 0.1) is 6.92 Å². The summed E-state index contributed by atoms with van der Waals surface area (Å²) in [5.74, 6) is -0.759. The molecule has 0 bridgehead atoms. The van der Waals surface area contributed by atoms with Crippen molar-refractivity contribution < 1.29 is 14.6 Å². The Bertz CT molecular complexity index is 418. The number of ether oxygens (including phenoxy) is 1. The fourth-order valence-electron chi connectivity index (χ4n) is 2.52. The van der Waals surface area contributed by atoms with E-state index in [0.29, 0.717) is 13.2 Å². The third kappa shape index (κ3) is 2.91. The molecule has 18 heavy (non-hydrogen) atoms. The molecule has 1 aromatic heterocycles. The average Bonchev–Trinajstić information content (AvgIpc) is 2.74. The van der Waals surface area contributed by atoms with Crippen LogP contribution in [0.1, 0.15) is 29.8 Å². The minimum atomic E-state index is -0.759. The van der Waals surface area contributed by atoms with Gasteiger partial charge in [-0.1, -0.05) is 0 Å². The predicted molar refractivity (Wildman–Crippen MR) is 71.0 cm³/mol. The molecular formula is C13H19NO3S. The van der Waals surface area contributed by atoms with Crippen LogP contribution in [-0.4, -0.2) is 41.8 Å². The van der Waals surface area contributed by atoms with Crippen molar-refractivity contribution in [2.75, 3.05) is 19.8 Å². The van der Waals surface area contributed by atoms with Crippen molar-refractivity contribution in [1.29, 1.82) is 0 Å². The molecule has 1 N–H and O–H groups in total. The van der Waals surface area contributed by atoms with Gasteiger partial charge in [-0.25, -0.2) is 0 Å². The van der Waals surface area contributed by atoms with Gasteiger partial charge in [0.15, 0.2) is 0 Å². The van der Waals surface area contributed by atoms with Crippen LogP contribution >= 0.6 is 11.3 Å². The van der Waals surface area contributed by atoms with Crippen molar-refractivity contribution in [2.24, 2.45) is 0 Å². The molecule has 0 aliphatic carbocycles. The summed E-state index contributed by atoms with van der Waals surface area (Å²) in [6.07, 6.45) is 0.148. The maximum absolute atomic E-state index is 10.9. The molecule has 1 aromatic rings. The lowest BCUT2D eigenvalue weighted by atomic mass is 10.1. The van der Waals surface area contributed by atoms with Crippen LogP contribution < -0.4 is 0 Å². The number of nitrogens with zero attached hydrogens (tertiary/aromatic N) is 1. The molecule has 0 amide bonds. The third-order valence-electron chi connectivity index (χ3n) is 3.46. The lowest BCUT2D eigenvalue weighted by molar-refractivity contribution is -0.140. The second kappa shape index (κ2) is 5.82. The third-order valence-corrected chi connectivity index (χ3v) is 4.65. The largest absolute Gasteiger partial charge is 0.481 e. The Hall–Kier alpha value is -0.910. The molecule has 5 heteroatoms. The van der Waals surface area contributed by atoms with E-state index in [1.165, 1.54) is 10.4 Å². The molecule has 0 saturated carbocycles. The van der Waals surface area contributed by atoms with Crippen LogP contribution in [0.3, 0.4) is 0 Å². The second-order valence-corrected chi connectivity index (χ2v) is 5.66. The van der Waals surface area contributed by atoms with Gasteiger partial charge in [0.2, 0.25) is 0 Å². The van der Waals surface area contributed by atoms with Crippen LogP contribution in [0.4, 0.5) is 0 Å². The van der Waals surface area contributed by atoms with Crippen molar-refractivity contribution in [3.05, 3.63) is 21.9 Å². The van der Waals surface area contributed by atoms with E-state index < -0.39 is 5.97 Å². The summed E-state index contributed by atoms with van der Waals surface area (Å²) in [5.41, 5.74) is 1.29. The monoisotopic (exact) mass is 269 g/mol. The van der Waals surface area contributed by atoms with E-state index in [9.17, 15) is 4.79 Å². The predicted octanol–water partition coefficient (Wildman–Crippen LogP) is 2.29. The van der Waals surface area contributed by atoms with E-state index in [4.69, 9.17) is 9.84 Å². The lowest BCUT2D eigenvalue weighted by Gasteiger charge is -2.39. The summed E-state index contributed by atoms with van der Waals surface area (Å²) in [5, 5.41) is 11.1. The highest BCUT2D eigenvalue weighted by molar-refractivity contribution is 7.10. The number of aliphatic carboxylic acids is 1. The highest BCUT2D eigenvalue weighted by Crippen LogP contribution is 2.31. The van der Waals surface area contributed by atoms with E-state index >= 15 is 0 Å². The first-order chi connectivity index (χ1) is 8.59. The molecular weight excluding hydrogens is 250 g/mol. The highest BCUT2D eigenvalue weighted by Gasteiger charge is 2.30. The average molecular weight is 269 g/mol. The molecule has 2 unspecified atom stereocenters. The molecule has 2 rings (SSSR count). The number of aryl methyl sites for hydroxylation is 1. The van der Waals surface area contributed by atoms with Crippen LogP contribution in [0.5, 0.6) is 0 Å². The topological polar surface area (TPSA) is 49.8 Å². The first-order valence-corrected chi connectivity index (χ1v) is 7.07. The normalized spacial score (nSPS) is 22.9. The van der Waals surface area contributed by atoms with Crippen LogP contribution in [0.2, 0.25) is 0 Å². The van der Waals surface area contributed by atoms with E-state index in [1.807, 2.05) is 0 Å². The summed E-state index contributed by atoms with van der Waals surface area (Å²) >= 11 is 1.74. The Kier molecular flexibility index (Phi) is 4.37. The second-order valence-electron chi connectivity index (χ2n) is 4.71. The Morgan fingerprint density at radius 1 is 1.72 bits per heavy atom. The van der Waals surface area contributed by atoms with Crippen molar-refractivity contribution >= 4 is 17.3 Å². The molecule has 4 nitrogen and oxygen atoms in total. The van der Waals surface area contributed by atoms with E-state index in [0.717, 1.165) is 6.54 Å². The lowest BCUT2D eigenvalue weighted by Crippen LogP contribution is -2.47. The molecule has 0 spiro atoms. The molecule has 2 atom stereocenters. The molecule has 1 aliphatic rings. The van der Waals surface area contributed by atoms with Gasteiger partial charge in [-0.05, 0) is 30.9 Å². The number of morpholine rings is 1. The van der Waals surface area contributed by atoms with Crippen LogP contribution in [0.15, 0.2) is 11.4 Å². The van der Waals surface area contributed by atoms with Crippen LogP contribution in [0.25, 0.3) is 0 Å². The number of carbonyl (C=O) groups is 1. The quantitative estimate of drug-likeness (QED) is 0.911. The Labute approximate surface area is 111 Å². The molecule has 1 fully saturated rings. The molecule has 0 aromatic carbocycles. The van der Waals surface area contributed by atoms with Gasteiger partial charge in [0.05, 0.1) is 19.6 Å². The van der Waals surface area contributed by atoms with Crippen molar-refractivity contribution in [3.8, 4) is 0 Å². The van der Waals surface area contributed by atoms with Crippen molar-refractivity contribution in [2.45, 2.75) is 32.4 Å². The summed E-state index contributed by atoms with van der Waals surface area (Å²) < 4.78 is 5.41. The molecule has 1 saturated heterocycles. The molecule has 100 valence electrons. The summed E-state index contributed by atoms with van der Waals surface area (Å²) in [6.45, 7) is 6.26. The zero-order valence-corrected chi connectivity index (χ0v) is 11.6. The van der Waals surface area contributed by atoms with Gasteiger partial charge in [0.1, 0.15) is 0 Å².